The summed E-state index contributed by atoms with van der Waals surface area (Å²) in [4.78, 5) is 30.4. The summed E-state index contributed by atoms with van der Waals surface area (Å²) in [5.41, 5.74) is 5.18. The molecule has 1 aromatic rings. The van der Waals surface area contributed by atoms with Crippen LogP contribution in [0.3, 0.4) is 0 Å². The van der Waals surface area contributed by atoms with Gasteiger partial charge in [-0.1, -0.05) is 6.92 Å². The van der Waals surface area contributed by atoms with Crippen LogP contribution in [0.5, 0.6) is 0 Å². The van der Waals surface area contributed by atoms with Crippen LogP contribution < -0.4 is 11.1 Å². The number of nitrogens with one attached hydrogen (secondary N) is 1. The third kappa shape index (κ3) is 3.58. The lowest BCUT2D eigenvalue weighted by Gasteiger charge is -2.42. The average molecular weight is 310 g/mol. The van der Waals surface area contributed by atoms with Crippen LogP contribution in [0.1, 0.15) is 19.8 Å². The highest BCUT2D eigenvalue weighted by Gasteiger charge is 2.34. The lowest BCUT2D eigenvalue weighted by atomic mass is 9.85. The number of aliphatic carboxylic acids is 1. The Bertz CT molecular complexity index is 575. The van der Waals surface area contributed by atoms with Gasteiger partial charge in [0.25, 0.3) is 0 Å². The molecule has 1 fully saturated rings. The minimum Gasteiger partial charge on any atom is -0.480 e. The summed E-state index contributed by atoms with van der Waals surface area (Å²) in [6.45, 7) is 2.61. The SMILES string of the molecule is CCN(CC(=O)O)C1CC(Nc2ncc([N+](=O)[O-])c(N)n2)C1. The van der Waals surface area contributed by atoms with Gasteiger partial charge in [-0.05, 0) is 19.4 Å². The van der Waals surface area contributed by atoms with E-state index in [4.69, 9.17) is 10.8 Å². The molecule has 1 aromatic heterocycles. The first-order valence-corrected chi connectivity index (χ1v) is 6.90. The highest BCUT2D eigenvalue weighted by molar-refractivity contribution is 5.69. The Labute approximate surface area is 126 Å². The molecule has 1 aliphatic carbocycles. The molecule has 0 atom stereocenters. The number of anilines is 2. The number of nitrogens with two attached hydrogens (primary N) is 1. The summed E-state index contributed by atoms with van der Waals surface area (Å²) in [5, 5.41) is 22.5. The molecule has 1 saturated carbocycles. The van der Waals surface area contributed by atoms with Gasteiger partial charge in [0.2, 0.25) is 11.8 Å². The van der Waals surface area contributed by atoms with Gasteiger partial charge in [0.15, 0.2) is 0 Å². The van der Waals surface area contributed by atoms with Crippen molar-refractivity contribution in [3.63, 3.8) is 0 Å². The Balaban J connectivity index is 1.88. The van der Waals surface area contributed by atoms with Crippen LogP contribution in [0.25, 0.3) is 0 Å². The number of carboxylic acids is 1. The van der Waals surface area contributed by atoms with Gasteiger partial charge in [-0.2, -0.15) is 4.98 Å². The van der Waals surface area contributed by atoms with E-state index in [1.54, 1.807) is 0 Å². The van der Waals surface area contributed by atoms with Gasteiger partial charge < -0.3 is 16.2 Å². The first-order valence-electron chi connectivity index (χ1n) is 6.90. The predicted octanol–water partition coefficient (Wildman–Crippen LogP) is 0.316. The zero-order valence-corrected chi connectivity index (χ0v) is 12.1. The second-order valence-corrected chi connectivity index (χ2v) is 5.14. The van der Waals surface area contributed by atoms with Crippen LogP contribution >= 0.6 is 0 Å². The van der Waals surface area contributed by atoms with Crippen molar-refractivity contribution in [3.05, 3.63) is 16.3 Å². The summed E-state index contributed by atoms with van der Waals surface area (Å²) in [7, 11) is 0. The van der Waals surface area contributed by atoms with E-state index in [1.165, 1.54) is 0 Å². The quantitative estimate of drug-likeness (QED) is 0.478. The number of nitrogen functional groups attached to an aromatic ring is 1. The maximum Gasteiger partial charge on any atom is 0.329 e. The highest BCUT2D eigenvalue weighted by Crippen LogP contribution is 2.28. The third-order valence-electron chi connectivity index (χ3n) is 3.70. The molecule has 0 saturated heterocycles. The molecule has 0 bridgehead atoms. The van der Waals surface area contributed by atoms with Gasteiger partial charge in [0, 0.05) is 12.1 Å². The Morgan fingerprint density at radius 1 is 1.64 bits per heavy atom. The lowest BCUT2D eigenvalue weighted by molar-refractivity contribution is -0.384. The second kappa shape index (κ2) is 6.52. The number of hydrogen-bond donors (Lipinski definition) is 3. The fraction of sp³-hybridized carbons (Fsp3) is 0.583. The predicted molar refractivity (Wildman–Crippen MR) is 78.4 cm³/mol. The minimum atomic E-state index is -0.843. The van der Waals surface area contributed by atoms with E-state index in [0.29, 0.717) is 6.54 Å². The van der Waals surface area contributed by atoms with Gasteiger partial charge in [0.1, 0.15) is 6.20 Å². The number of carboxylic acid groups (broad SMARTS) is 1. The van der Waals surface area contributed by atoms with Gasteiger partial charge in [-0.3, -0.25) is 19.8 Å². The van der Waals surface area contributed by atoms with Crippen molar-refractivity contribution in [2.75, 3.05) is 24.1 Å². The number of rotatable bonds is 7. The second-order valence-electron chi connectivity index (χ2n) is 5.14. The largest absolute Gasteiger partial charge is 0.480 e. The number of likely N-dealkylation sites (N-methyl/N-ethyl adjacent to an activating group) is 1. The summed E-state index contributed by atoms with van der Waals surface area (Å²) >= 11 is 0. The van der Waals surface area contributed by atoms with E-state index in [1.807, 2.05) is 11.8 Å². The summed E-state index contributed by atoms with van der Waals surface area (Å²) < 4.78 is 0. The number of carbonyl (C=O) groups is 1. The maximum absolute atomic E-state index is 10.8. The van der Waals surface area contributed by atoms with E-state index in [0.717, 1.165) is 19.0 Å². The lowest BCUT2D eigenvalue weighted by Crippen LogP contribution is -2.51. The van der Waals surface area contributed by atoms with Crippen LogP contribution in [0.15, 0.2) is 6.20 Å². The molecule has 0 radical (unpaired) electrons. The smallest absolute Gasteiger partial charge is 0.329 e. The van der Waals surface area contributed by atoms with Crippen molar-refractivity contribution in [2.45, 2.75) is 31.8 Å². The molecule has 1 heterocycles. The Hall–Kier alpha value is -2.49. The van der Waals surface area contributed by atoms with Crippen LogP contribution in [-0.4, -0.2) is 56.0 Å². The molecule has 10 nitrogen and oxygen atoms in total. The number of aromatic nitrogens is 2. The molecule has 10 heteroatoms. The fourth-order valence-electron chi connectivity index (χ4n) is 2.46. The average Bonchev–Trinajstić information content (AvgIpc) is 2.39. The Morgan fingerprint density at radius 2 is 2.32 bits per heavy atom. The van der Waals surface area contributed by atoms with Crippen molar-refractivity contribution in [1.82, 2.24) is 14.9 Å². The minimum absolute atomic E-state index is 0.0227. The summed E-state index contributed by atoms with van der Waals surface area (Å²) in [6.07, 6.45) is 2.60. The van der Waals surface area contributed by atoms with Crippen molar-refractivity contribution < 1.29 is 14.8 Å². The molecule has 22 heavy (non-hydrogen) atoms. The molecule has 0 aromatic carbocycles. The van der Waals surface area contributed by atoms with Crippen molar-refractivity contribution in [2.24, 2.45) is 0 Å². The van der Waals surface area contributed by atoms with Crippen LogP contribution in [0.4, 0.5) is 17.5 Å². The molecule has 2 rings (SSSR count). The molecule has 0 unspecified atom stereocenters. The maximum atomic E-state index is 10.8. The van der Waals surface area contributed by atoms with E-state index in [-0.39, 0.29) is 36.1 Å². The number of nitrogens with zero attached hydrogens (tertiary/aromatic N) is 4. The molecule has 4 N–H and O–H groups in total. The summed E-state index contributed by atoms with van der Waals surface area (Å²) in [5.74, 6) is -0.781. The molecule has 0 aliphatic heterocycles. The Morgan fingerprint density at radius 3 is 2.82 bits per heavy atom. The molecular formula is C12H18N6O4. The van der Waals surface area contributed by atoms with E-state index in [2.05, 4.69) is 15.3 Å². The molecule has 1 aliphatic rings. The van der Waals surface area contributed by atoms with Crippen molar-refractivity contribution in [3.8, 4) is 0 Å². The van der Waals surface area contributed by atoms with E-state index >= 15 is 0 Å². The van der Waals surface area contributed by atoms with Gasteiger partial charge in [-0.25, -0.2) is 4.98 Å². The van der Waals surface area contributed by atoms with Gasteiger partial charge in [-0.15, -0.1) is 0 Å². The zero-order valence-electron chi connectivity index (χ0n) is 12.1. The van der Waals surface area contributed by atoms with Crippen LogP contribution in [0, 0.1) is 10.1 Å². The highest BCUT2D eigenvalue weighted by atomic mass is 16.6. The standard InChI is InChI=1S/C12H18N6O4/c1-2-17(6-10(19)20)8-3-7(4-8)15-12-14-5-9(18(21)22)11(13)16-12/h5,7-8H,2-4,6H2,1H3,(H,19,20)(H3,13,14,15,16). The van der Waals surface area contributed by atoms with Crippen molar-refractivity contribution >= 4 is 23.4 Å². The topological polar surface area (TPSA) is 148 Å². The Kier molecular flexibility index (Phi) is 4.71. The summed E-state index contributed by atoms with van der Waals surface area (Å²) in [6, 6.07) is 0.308. The third-order valence-corrected chi connectivity index (χ3v) is 3.70. The van der Waals surface area contributed by atoms with Crippen LogP contribution in [-0.2, 0) is 4.79 Å². The van der Waals surface area contributed by atoms with Gasteiger partial charge in [0.05, 0.1) is 11.5 Å². The number of hydrogen-bond acceptors (Lipinski definition) is 8. The van der Waals surface area contributed by atoms with Gasteiger partial charge >= 0.3 is 11.7 Å². The molecule has 120 valence electrons. The van der Waals surface area contributed by atoms with Crippen LogP contribution in [0.2, 0.25) is 0 Å². The molecular weight excluding hydrogens is 292 g/mol. The fourth-order valence-corrected chi connectivity index (χ4v) is 2.46. The van der Waals surface area contributed by atoms with E-state index in [9.17, 15) is 14.9 Å². The van der Waals surface area contributed by atoms with Crippen molar-refractivity contribution in [1.29, 1.82) is 0 Å². The first kappa shape index (κ1) is 15.9. The molecule has 0 amide bonds. The normalized spacial score (nSPS) is 20.5. The number of nitro groups is 1. The van der Waals surface area contributed by atoms with E-state index < -0.39 is 10.9 Å². The molecule has 0 spiro atoms. The monoisotopic (exact) mass is 310 g/mol. The first-order chi connectivity index (χ1) is 10.4. The zero-order chi connectivity index (χ0) is 16.3.